The number of rotatable bonds is 6. The highest BCUT2D eigenvalue weighted by Gasteiger charge is 2.09. The van der Waals surface area contributed by atoms with E-state index in [-0.39, 0.29) is 5.91 Å². The third kappa shape index (κ3) is 4.15. The Morgan fingerprint density at radius 1 is 1.17 bits per heavy atom. The number of carbonyl (C=O) groups excluding carboxylic acids is 1. The van der Waals surface area contributed by atoms with Gasteiger partial charge in [0.05, 0.1) is 11.4 Å². The van der Waals surface area contributed by atoms with Gasteiger partial charge in [-0.2, -0.15) is 4.68 Å². The zero-order valence-electron chi connectivity index (χ0n) is 12.9. The summed E-state index contributed by atoms with van der Waals surface area (Å²) in [5, 5.41) is 15.2. The van der Waals surface area contributed by atoms with E-state index in [9.17, 15) is 4.79 Å². The molecule has 6 nitrogen and oxygen atoms in total. The first-order chi connectivity index (χ1) is 11.8. The van der Waals surface area contributed by atoms with Crippen molar-refractivity contribution in [3.63, 3.8) is 0 Å². The fraction of sp³-hybridized carbons (Fsp3) is 0.125. The zero-order chi connectivity index (χ0) is 16.8. The molecule has 0 radical (unpaired) electrons. The lowest BCUT2D eigenvalue weighted by atomic mass is 10.3. The minimum atomic E-state index is -0.0530. The summed E-state index contributed by atoms with van der Waals surface area (Å²) in [6.07, 6.45) is 1.91. The average molecular weight is 357 g/mol. The van der Waals surface area contributed by atoms with Crippen LogP contribution in [0.15, 0.2) is 64.6 Å². The fourth-order valence-electron chi connectivity index (χ4n) is 2.05. The largest absolute Gasteiger partial charge is 0.325 e. The van der Waals surface area contributed by atoms with Crippen LogP contribution in [-0.4, -0.2) is 38.1 Å². The molecule has 122 valence electrons. The van der Waals surface area contributed by atoms with Gasteiger partial charge >= 0.3 is 0 Å². The maximum absolute atomic E-state index is 12.1. The molecule has 8 heteroatoms. The SMILES string of the molecule is CSc1nnnn1-c1cccc(NC(=O)CSc2ccccc2)c1. The van der Waals surface area contributed by atoms with Crippen LogP contribution in [0.5, 0.6) is 0 Å². The molecule has 0 bridgehead atoms. The average Bonchev–Trinajstić information content (AvgIpc) is 3.10. The van der Waals surface area contributed by atoms with Crippen molar-refractivity contribution in [1.82, 2.24) is 20.2 Å². The van der Waals surface area contributed by atoms with Gasteiger partial charge in [-0.1, -0.05) is 36.0 Å². The highest BCUT2D eigenvalue weighted by Crippen LogP contribution is 2.20. The van der Waals surface area contributed by atoms with Crippen molar-refractivity contribution in [2.24, 2.45) is 0 Å². The summed E-state index contributed by atoms with van der Waals surface area (Å²) in [5.74, 6) is 0.303. The minimum Gasteiger partial charge on any atom is -0.325 e. The molecule has 0 aliphatic carbocycles. The predicted molar refractivity (Wildman–Crippen MR) is 96.7 cm³/mol. The van der Waals surface area contributed by atoms with Crippen molar-refractivity contribution < 1.29 is 4.79 Å². The molecular formula is C16H15N5OS2. The van der Waals surface area contributed by atoms with Crippen LogP contribution in [0.3, 0.4) is 0 Å². The lowest BCUT2D eigenvalue weighted by Gasteiger charge is -2.08. The molecule has 2 aromatic carbocycles. The number of nitrogens with one attached hydrogen (secondary N) is 1. The number of hydrogen-bond donors (Lipinski definition) is 1. The Morgan fingerprint density at radius 2 is 2.00 bits per heavy atom. The number of amides is 1. The van der Waals surface area contributed by atoms with Gasteiger partial charge in [-0.15, -0.1) is 16.9 Å². The van der Waals surface area contributed by atoms with Crippen LogP contribution in [0.2, 0.25) is 0 Å². The van der Waals surface area contributed by atoms with Gasteiger partial charge < -0.3 is 5.32 Å². The Morgan fingerprint density at radius 3 is 2.79 bits per heavy atom. The van der Waals surface area contributed by atoms with Crippen LogP contribution >= 0.6 is 23.5 Å². The molecule has 0 fully saturated rings. The molecular weight excluding hydrogens is 342 g/mol. The Balaban J connectivity index is 1.65. The van der Waals surface area contributed by atoms with Gasteiger partial charge in [0, 0.05) is 10.6 Å². The molecule has 1 heterocycles. The molecule has 1 amide bonds. The van der Waals surface area contributed by atoms with Gasteiger partial charge in [0.2, 0.25) is 11.1 Å². The van der Waals surface area contributed by atoms with E-state index in [0.29, 0.717) is 16.6 Å². The predicted octanol–water partition coefficient (Wildman–Crippen LogP) is 3.12. The summed E-state index contributed by atoms with van der Waals surface area (Å²) in [6, 6.07) is 17.3. The van der Waals surface area contributed by atoms with Crippen molar-refractivity contribution in [1.29, 1.82) is 0 Å². The second-order valence-electron chi connectivity index (χ2n) is 4.78. The van der Waals surface area contributed by atoms with Crippen LogP contribution in [0.4, 0.5) is 5.69 Å². The summed E-state index contributed by atoms with van der Waals surface area (Å²) < 4.78 is 1.64. The highest BCUT2D eigenvalue weighted by atomic mass is 32.2. The molecule has 0 aliphatic heterocycles. The summed E-state index contributed by atoms with van der Waals surface area (Å²) >= 11 is 2.96. The van der Waals surface area contributed by atoms with Crippen LogP contribution in [0, 0.1) is 0 Å². The monoisotopic (exact) mass is 357 g/mol. The molecule has 0 atom stereocenters. The van der Waals surface area contributed by atoms with Crippen LogP contribution < -0.4 is 5.32 Å². The summed E-state index contributed by atoms with van der Waals surface area (Å²) in [7, 11) is 0. The Bertz CT molecular complexity index is 822. The van der Waals surface area contributed by atoms with Crippen molar-refractivity contribution in [2.45, 2.75) is 10.1 Å². The van der Waals surface area contributed by atoms with E-state index in [0.717, 1.165) is 10.6 Å². The Hall–Kier alpha value is -2.32. The van der Waals surface area contributed by atoms with E-state index in [2.05, 4.69) is 20.8 Å². The van der Waals surface area contributed by atoms with E-state index in [1.54, 1.807) is 4.68 Å². The molecule has 3 rings (SSSR count). The molecule has 1 N–H and O–H groups in total. The molecule has 24 heavy (non-hydrogen) atoms. The number of tetrazole rings is 1. The third-order valence-corrected chi connectivity index (χ3v) is 4.74. The first-order valence-electron chi connectivity index (χ1n) is 7.17. The number of nitrogens with zero attached hydrogens (tertiary/aromatic N) is 4. The number of carbonyl (C=O) groups is 1. The van der Waals surface area contributed by atoms with Gasteiger partial charge in [-0.05, 0) is 47.0 Å². The molecule has 1 aromatic heterocycles. The first kappa shape index (κ1) is 16.5. The lowest BCUT2D eigenvalue weighted by Crippen LogP contribution is -2.14. The lowest BCUT2D eigenvalue weighted by molar-refractivity contribution is -0.113. The van der Waals surface area contributed by atoms with Gasteiger partial charge in [0.25, 0.3) is 0 Å². The van der Waals surface area contributed by atoms with Crippen LogP contribution in [-0.2, 0) is 4.79 Å². The van der Waals surface area contributed by atoms with Gasteiger partial charge in [0.1, 0.15) is 0 Å². The number of benzene rings is 2. The standard InChI is InChI=1S/C16H15N5OS2/c1-23-16-18-19-20-21(16)13-7-5-6-12(10-13)17-15(22)11-24-14-8-3-2-4-9-14/h2-10H,11H2,1H3,(H,17,22). The molecule has 3 aromatic rings. The third-order valence-electron chi connectivity index (χ3n) is 3.11. The number of aromatic nitrogens is 4. The van der Waals surface area contributed by atoms with E-state index in [4.69, 9.17) is 0 Å². The Labute approximate surface area is 148 Å². The van der Waals surface area contributed by atoms with Gasteiger partial charge in [0.15, 0.2) is 0 Å². The quantitative estimate of drug-likeness (QED) is 0.684. The molecule has 0 unspecified atom stereocenters. The van der Waals surface area contributed by atoms with Crippen molar-refractivity contribution in [2.75, 3.05) is 17.3 Å². The van der Waals surface area contributed by atoms with Crippen molar-refractivity contribution in [3.8, 4) is 5.69 Å². The van der Waals surface area contributed by atoms with E-state index >= 15 is 0 Å². The summed E-state index contributed by atoms with van der Waals surface area (Å²) in [5.41, 5.74) is 1.52. The van der Waals surface area contributed by atoms with E-state index in [1.807, 2.05) is 60.9 Å². The topological polar surface area (TPSA) is 72.7 Å². The molecule has 0 saturated carbocycles. The van der Waals surface area contributed by atoms with Crippen molar-refractivity contribution in [3.05, 3.63) is 54.6 Å². The number of anilines is 1. The normalized spacial score (nSPS) is 10.5. The van der Waals surface area contributed by atoms with Gasteiger partial charge in [-0.3, -0.25) is 4.79 Å². The smallest absolute Gasteiger partial charge is 0.234 e. The van der Waals surface area contributed by atoms with Crippen LogP contribution in [0.25, 0.3) is 5.69 Å². The zero-order valence-corrected chi connectivity index (χ0v) is 14.5. The molecule has 0 saturated heterocycles. The van der Waals surface area contributed by atoms with Gasteiger partial charge in [-0.25, -0.2) is 0 Å². The second kappa shape index (κ2) is 7.98. The van der Waals surface area contributed by atoms with Crippen molar-refractivity contribution >= 4 is 35.1 Å². The highest BCUT2D eigenvalue weighted by molar-refractivity contribution is 8.00. The number of hydrogen-bond acceptors (Lipinski definition) is 6. The Kier molecular flexibility index (Phi) is 5.50. The van der Waals surface area contributed by atoms with E-state index < -0.39 is 0 Å². The number of thioether (sulfide) groups is 2. The van der Waals surface area contributed by atoms with Crippen LogP contribution in [0.1, 0.15) is 0 Å². The molecule has 0 aliphatic rings. The summed E-state index contributed by atoms with van der Waals surface area (Å²) in [4.78, 5) is 13.2. The van der Waals surface area contributed by atoms with E-state index in [1.165, 1.54) is 23.5 Å². The first-order valence-corrected chi connectivity index (χ1v) is 9.38. The minimum absolute atomic E-state index is 0.0530. The maximum atomic E-state index is 12.1. The maximum Gasteiger partial charge on any atom is 0.234 e. The fourth-order valence-corrected chi connectivity index (χ4v) is 3.20. The summed E-state index contributed by atoms with van der Waals surface area (Å²) in [6.45, 7) is 0. The molecule has 0 spiro atoms. The second-order valence-corrected chi connectivity index (χ2v) is 6.60.